The van der Waals surface area contributed by atoms with Gasteiger partial charge in [0, 0.05) is 11.6 Å². The average Bonchev–Trinajstić information content (AvgIpc) is 2.64. The van der Waals surface area contributed by atoms with Crippen molar-refractivity contribution in [2.45, 2.75) is 13.8 Å². The van der Waals surface area contributed by atoms with Crippen LogP contribution in [-0.2, 0) is 9.59 Å². The number of aryl methyl sites for hydroxylation is 2. The van der Waals surface area contributed by atoms with Gasteiger partial charge in [-0.25, -0.2) is 0 Å². The van der Waals surface area contributed by atoms with Crippen LogP contribution in [0, 0.1) is 13.8 Å². The van der Waals surface area contributed by atoms with Gasteiger partial charge in [-0.15, -0.1) is 0 Å². The number of methoxy groups -OCH3 is 1. The molecule has 0 spiro atoms. The smallest absolute Gasteiger partial charge is 0.276 e. The van der Waals surface area contributed by atoms with E-state index < -0.39 is 11.8 Å². The number of carbonyl (C=O) groups is 2. The van der Waals surface area contributed by atoms with Gasteiger partial charge in [-0.2, -0.15) is 0 Å². The number of nitrogens with one attached hydrogen (secondary N) is 2. The Morgan fingerprint density at radius 3 is 2.38 bits per heavy atom. The molecule has 2 aromatic carbocycles. The van der Waals surface area contributed by atoms with Crippen molar-refractivity contribution in [3.05, 3.63) is 65.2 Å². The lowest BCUT2D eigenvalue weighted by molar-refractivity contribution is -0.128. The first kappa shape index (κ1) is 19.1. The van der Waals surface area contributed by atoms with Gasteiger partial charge in [-0.1, -0.05) is 36.4 Å². The first-order chi connectivity index (χ1) is 12.5. The zero-order valence-electron chi connectivity index (χ0n) is 15.0. The molecule has 0 unspecified atom stereocenters. The highest BCUT2D eigenvalue weighted by Gasteiger charge is 2.07. The van der Waals surface area contributed by atoms with Crippen LogP contribution in [0.15, 0.2) is 48.5 Å². The van der Waals surface area contributed by atoms with Crippen LogP contribution in [0.5, 0.6) is 11.5 Å². The maximum Gasteiger partial charge on any atom is 0.276 e. The van der Waals surface area contributed by atoms with E-state index in [1.807, 2.05) is 50.2 Å². The Labute approximate surface area is 152 Å². The standard InChI is InChI=1S/C20H22N2O4/c1-14-7-6-8-15(2)20(14)26-13-19(24)22-21-18(23)12-11-16-9-4-5-10-17(16)25-3/h4-12H,13H2,1-3H3,(H,21,23)(H,22,24). The van der Waals surface area contributed by atoms with Crippen molar-refractivity contribution in [1.82, 2.24) is 10.9 Å². The molecule has 0 radical (unpaired) electrons. The summed E-state index contributed by atoms with van der Waals surface area (Å²) in [7, 11) is 1.56. The van der Waals surface area contributed by atoms with Crippen molar-refractivity contribution in [1.29, 1.82) is 0 Å². The van der Waals surface area contributed by atoms with E-state index in [-0.39, 0.29) is 6.61 Å². The topological polar surface area (TPSA) is 76.7 Å². The van der Waals surface area contributed by atoms with Crippen LogP contribution in [0.3, 0.4) is 0 Å². The largest absolute Gasteiger partial charge is 0.496 e. The van der Waals surface area contributed by atoms with E-state index in [4.69, 9.17) is 9.47 Å². The molecule has 0 saturated heterocycles. The Kier molecular flexibility index (Phi) is 6.79. The molecule has 0 saturated carbocycles. The Morgan fingerprint density at radius 2 is 1.69 bits per heavy atom. The minimum atomic E-state index is -0.462. The van der Waals surface area contributed by atoms with Crippen molar-refractivity contribution in [2.75, 3.05) is 13.7 Å². The summed E-state index contributed by atoms with van der Waals surface area (Å²) in [5.74, 6) is 0.413. The number of hydrogen-bond donors (Lipinski definition) is 2. The van der Waals surface area contributed by atoms with E-state index in [2.05, 4.69) is 10.9 Å². The second kappa shape index (κ2) is 9.27. The lowest BCUT2D eigenvalue weighted by Crippen LogP contribution is -2.43. The number of amides is 2. The zero-order chi connectivity index (χ0) is 18.9. The summed E-state index contributed by atoms with van der Waals surface area (Å²) in [5, 5.41) is 0. The molecule has 0 bridgehead atoms. The second-order valence-electron chi connectivity index (χ2n) is 5.62. The number of carbonyl (C=O) groups excluding carboxylic acids is 2. The summed E-state index contributed by atoms with van der Waals surface area (Å²) in [4.78, 5) is 23.6. The predicted molar refractivity (Wildman–Crippen MR) is 99.7 cm³/mol. The van der Waals surface area contributed by atoms with E-state index in [0.29, 0.717) is 11.5 Å². The molecule has 0 aliphatic heterocycles. The highest BCUT2D eigenvalue weighted by atomic mass is 16.5. The maximum atomic E-state index is 11.8. The van der Waals surface area contributed by atoms with Crippen molar-refractivity contribution >= 4 is 17.9 Å². The predicted octanol–water partition coefficient (Wildman–Crippen LogP) is 2.55. The fourth-order valence-corrected chi connectivity index (χ4v) is 2.34. The maximum absolute atomic E-state index is 11.8. The van der Waals surface area contributed by atoms with E-state index >= 15 is 0 Å². The van der Waals surface area contributed by atoms with Crippen molar-refractivity contribution in [3.63, 3.8) is 0 Å². The molecule has 0 atom stereocenters. The molecule has 2 aromatic rings. The summed E-state index contributed by atoms with van der Waals surface area (Å²) in [6.45, 7) is 3.62. The highest BCUT2D eigenvalue weighted by Crippen LogP contribution is 2.22. The SMILES string of the molecule is COc1ccccc1C=CC(=O)NNC(=O)COc1c(C)cccc1C. The molecule has 136 valence electrons. The summed E-state index contributed by atoms with van der Waals surface area (Å²) >= 11 is 0. The molecule has 0 fully saturated rings. The van der Waals surface area contributed by atoms with E-state index in [1.165, 1.54) is 6.08 Å². The number of hydrazine groups is 1. The second-order valence-corrected chi connectivity index (χ2v) is 5.62. The molecule has 0 heterocycles. The minimum absolute atomic E-state index is 0.192. The summed E-state index contributed by atoms with van der Waals surface area (Å²) < 4.78 is 10.7. The lowest BCUT2D eigenvalue weighted by Gasteiger charge is -2.12. The average molecular weight is 354 g/mol. The fraction of sp³-hybridized carbons (Fsp3) is 0.200. The van der Waals surface area contributed by atoms with Crippen LogP contribution < -0.4 is 20.3 Å². The monoisotopic (exact) mass is 354 g/mol. The van der Waals surface area contributed by atoms with Crippen LogP contribution in [0.2, 0.25) is 0 Å². The van der Waals surface area contributed by atoms with E-state index in [9.17, 15) is 9.59 Å². The van der Waals surface area contributed by atoms with Gasteiger partial charge in [0.05, 0.1) is 7.11 Å². The van der Waals surface area contributed by atoms with Crippen LogP contribution >= 0.6 is 0 Å². The Hall–Kier alpha value is -3.28. The Bertz CT molecular complexity index is 795. The molecule has 2 N–H and O–H groups in total. The molecular formula is C20H22N2O4. The minimum Gasteiger partial charge on any atom is -0.496 e. The van der Waals surface area contributed by atoms with Gasteiger partial charge >= 0.3 is 0 Å². The summed E-state index contributed by atoms with van der Waals surface area (Å²) in [6.07, 6.45) is 2.91. The summed E-state index contributed by atoms with van der Waals surface area (Å²) in [5.41, 5.74) is 7.27. The summed E-state index contributed by atoms with van der Waals surface area (Å²) in [6, 6.07) is 13.0. The van der Waals surface area contributed by atoms with Gasteiger partial charge in [0.2, 0.25) is 0 Å². The van der Waals surface area contributed by atoms with Gasteiger partial charge < -0.3 is 9.47 Å². The molecule has 6 nitrogen and oxygen atoms in total. The number of hydrogen-bond acceptors (Lipinski definition) is 4. The molecule has 0 aliphatic carbocycles. The lowest BCUT2D eigenvalue weighted by atomic mass is 10.1. The highest BCUT2D eigenvalue weighted by molar-refractivity contribution is 5.93. The van der Waals surface area contributed by atoms with Crippen LogP contribution in [0.4, 0.5) is 0 Å². The van der Waals surface area contributed by atoms with Gasteiger partial charge in [-0.05, 0) is 37.1 Å². The quantitative estimate of drug-likeness (QED) is 0.617. The molecular weight excluding hydrogens is 332 g/mol. The normalized spacial score (nSPS) is 10.4. The molecule has 0 aliphatic rings. The van der Waals surface area contributed by atoms with Gasteiger partial charge in [-0.3, -0.25) is 20.4 Å². The zero-order valence-corrected chi connectivity index (χ0v) is 15.0. The van der Waals surface area contributed by atoms with Crippen molar-refractivity contribution < 1.29 is 19.1 Å². The van der Waals surface area contributed by atoms with Crippen LogP contribution in [0.25, 0.3) is 6.08 Å². The van der Waals surface area contributed by atoms with Crippen molar-refractivity contribution in [3.8, 4) is 11.5 Å². The third kappa shape index (κ3) is 5.37. The van der Waals surface area contributed by atoms with Gasteiger partial charge in [0.25, 0.3) is 11.8 Å². The first-order valence-electron chi connectivity index (χ1n) is 8.10. The Balaban J connectivity index is 1.81. The molecule has 2 rings (SSSR count). The molecule has 0 aromatic heterocycles. The van der Waals surface area contributed by atoms with Crippen LogP contribution in [-0.4, -0.2) is 25.5 Å². The Morgan fingerprint density at radius 1 is 1.00 bits per heavy atom. The number of benzene rings is 2. The van der Waals surface area contributed by atoms with E-state index in [0.717, 1.165) is 16.7 Å². The molecule has 6 heteroatoms. The number of para-hydroxylation sites is 2. The molecule has 26 heavy (non-hydrogen) atoms. The first-order valence-corrected chi connectivity index (χ1v) is 8.10. The molecule has 2 amide bonds. The van der Waals surface area contributed by atoms with Crippen molar-refractivity contribution in [2.24, 2.45) is 0 Å². The van der Waals surface area contributed by atoms with Crippen LogP contribution in [0.1, 0.15) is 16.7 Å². The van der Waals surface area contributed by atoms with E-state index in [1.54, 1.807) is 19.3 Å². The fourth-order valence-electron chi connectivity index (χ4n) is 2.34. The third-order valence-electron chi connectivity index (χ3n) is 3.63. The number of ether oxygens (including phenoxy) is 2. The van der Waals surface area contributed by atoms with Gasteiger partial charge in [0.1, 0.15) is 11.5 Å². The van der Waals surface area contributed by atoms with Gasteiger partial charge in [0.15, 0.2) is 6.61 Å². The number of rotatable bonds is 6. The third-order valence-corrected chi connectivity index (χ3v) is 3.63.